The van der Waals surface area contributed by atoms with Crippen molar-refractivity contribution in [3.05, 3.63) is 10.0 Å². The first-order valence-corrected chi connectivity index (χ1v) is 8.12. The summed E-state index contributed by atoms with van der Waals surface area (Å²) in [6.45, 7) is 11.8. The van der Waals surface area contributed by atoms with Crippen molar-refractivity contribution in [2.24, 2.45) is 5.92 Å². The first-order chi connectivity index (χ1) is 9.08. The highest BCUT2D eigenvalue weighted by molar-refractivity contribution is 7.11. The van der Waals surface area contributed by atoms with E-state index in [1.165, 1.54) is 0 Å². The predicted octanol–water partition coefficient (Wildman–Crippen LogP) is 3.13. The van der Waals surface area contributed by atoms with Gasteiger partial charge in [-0.15, -0.1) is 10.2 Å². The minimum Gasteiger partial charge on any atom is -0.375 e. The van der Waals surface area contributed by atoms with E-state index in [2.05, 4.69) is 50.1 Å². The van der Waals surface area contributed by atoms with Crippen LogP contribution in [0.1, 0.15) is 63.0 Å². The highest BCUT2D eigenvalue weighted by Crippen LogP contribution is 2.41. The lowest BCUT2D eigenvalue weighted by molar-refractivity contribution is 0.0556. The Morgan fingerprint density at radius 2 is 1.95 bits per heavy atom. The average Bonchev–Trinajstić information content (AvgIpc) is 2.93. The Bertz CT molecular complexity index is 409. The topological polar surface area (TPSA) is 47.0 Å². The van der Waals surface area contributed by atoms with Crippen LogP contribution >= 0.6 is 11.3 Å². The Kier molecular flexibility index (Phi) is 4.92. The van der Waals surface area contributed by atoms with Crippen molar-refractivity contribution in [3.8, 4) is 0 Å². The molecular formula is C14H25N3OS. The predicted molar refractivity (Wildman–Crippen MR) is 78.5 cm³/mol. The van der Waals surface area contributed by atoms with E-state index in [0.29, 0.717) is 24.0 Å². The van der Waals surface area contributed by atoms with Crippen LogP contribution in [-0.2, 0) is 4.74 Å². The molecule has 1 N–H and O–H groups in total. The summed E-state index contributed by atoms with van der Waals surface area (Å²) in [6.07, 6.45) is 1.60. The normalized spacial score (nSPS) is 32.7. The fourth-order valence-corrected chi connectivity index (χ4v) is 4.18. The lowest BCUT2D eigenvalue weighted by Crippen LogP contribution is -2.19. The van der Waals surface area contributed by atoms with E-state index >= 15 is 0 Å². The third-order valence-corrected chi connectivity index (χ3v) is 5.28. The highest BCUT2D eigenvalue weighted by atomic mass is 32.1. The zero-order chi connectivity index (χ0) is 14.0. The minimum atomic E-state index is 0.241. The Balaban J connectivity index is 2.16. The van der Waals surface area contributed by atoms with Crippen molar-refractivity contribution in [1.29, 1.82) is 0 Å². The van der Waals surface area contributed by atoms with Gasteiger partial charge >= 0.3 is 0 Å². The minimum absolute atomic E-state index is 0.241. The lowest BCUT2D eigenvalue weighted by atomic mass is 9.90. The summed E-state index contributed by atoms with van der Waals surface area (Å²) in [5, 5.41) is 14.5. The summed E-state index contributed by atoms with van der Waals surface area (Å²) in [7, 11) is 0. The molecule has 4 nitrogen and oxygen atoms in total. The van der Waals surface area contributed by atoms with Crippen LogP contribution in [0.15, 0.2) is 0 Å². The number of nitrogens with zero attached hydrogens (tertiary/aromatic N) is 2. The summed E-state index contributed by atoms with van der Waals surface area (Å²) < 4.78 is 5.91. The number of hydrogen-bond donors (Lipinski definition) is 1. The molecule has 5 unspecified atom stereocenters. The van der Waals surface area contributed by atoms with Gasteiger partial charge in [-0.05, 0) is 32.7 Å². The van der Waals surface area contributed by atoms with Crippen LogP contribution in [0.4, 0.5) is 0 Å². The zero-order valence-corrected chi connectivity index (χ0v) is 13.3. The van der Waals surface area contributed by atoms with Gasteiger partial charge in [0.1, 0.15) is 10.0 Å². The third kappa shape index (κ3) is 2.98. The van der Waals surface area contributed by atoms with E-state index in [9.17, 15) is 0 Å². The van der Waals surface area contributed by atoms with Crippen LogP contribution in [-0.4, -0.2) is 29.0 Å². The molecule has 0 radical (unpaired) electrons. The van der Waals surface area contributed by atoms with Crippen LogP contribution in [0.2, 0.25) is 0 Å². The summed E-state index contributed by atoms with van der Waals surface area (Å²) in [4.78, 5) is 0. The second-order valence-electron chi connectivity index (χ2n) is 5.43. The molecule has 108 valence electrons. The quantitative estimate of drug-likeness (QED) is 0.902. The monoisotopic (exact) mass is 283 g/mol. The van der Waals surface area contributed by atoms with Crippen LogP contribution in [0, 0.1) is 5.92 Å². The van der Waals surface area contributed by atoms with Crippen LogP contribution in [0.3, 0.4) is 0 Å². The van der Waals surface area contributed by atoms with E-state index in [0.717, 1.165) is 23.0 Å². The van der Waals surface area contributed by atoms with Crippen molar-refractivity contribution in [2.45, 2.75) is 65.2 Å². The third-order valence-electron chi connectivity index (χ3n) is 4.14. The SMILES string of the molecule is CCNC(CC)c1nnc(C2C(C)OC(C)C2C)s1. The molecule has 0 aliphatic carbocycles. The Hall–Kier alpha value is -0.520. The molecule has 2 rings (SSSR count). The van der Waals surface area contributed by atoms with Gasteiger partial charge in [0.25, 0.3) is 0 Å². The molecule has 0 saturated carbocycles. The van der Waals surface area contributed by atoms with E-state index < -0.39 is 0 Å². The maximum atomic E-state index is 5.91. The smallest absolute Gasteiger partial charge is 0.134 e. The molecule has 1 aliphatic heterocycles. The first-order valence-electron chi connectivity index (χ1n) is 7.30. The molecule has 0 amide bonds. The molecule has 5 atom stereocenters. The van der Waals surface area contributed by atoms with Crippen LogP contribution in [0.5, 0.6) is 0 Å². The average molecular weight is 283 g/mol. The maximum absolute atomic E-state index is 5.91. The molecule has 5 heteroatoms. The van der Waals surface area contributed by atoms with Crippen molar-refractivity contribution >= 4 is 11.3 Å². The fraction of sp³-hybridized carbons (Fsp3) is 0.857. The summed E-state index contributed by atoms with van der Waals surface area (Å²) >= 11 is 1.75. The maximum Gasteiger partial charge on any atom is 0.134 e. The van der Waals surface area contributed by atoms with Gasteiger partial charge in [-0.25, -0.2) is 0 Å². The Labute approximate surface area is 120 Å². The van der Waals surface area contributed by atoms with Gasteiger partial charge in [-0.1, -0.05) is 32.1 Å². The molecule has 1 aliphatic rings. The molecule has 1 saturated heterocycles. The second kappa shape index (κ2) is 6.29. The highest BCUT2D eigenvalue weighted by Gasteiger charge is 2.40. The number of hydrogen-bond acceptors (Lipinski definition) is 5. The molecule has 0 spiro atoms. The van der Waals surface area contributed by atoms with Crippen molar-refractivity contribution in [3.63, 3.8) is 0 Å². The standard InChI is InChI=1S/C14H25N3OS/c1-6-11(15-7-2)13-16-17-14(19-13)12-8(3)9(4)18-10(12)5/h8-12,15H,6-7H2,1-5H3. The summed E-state index contributed by atoms with van der Waals surface area (Å²) in [5.74, 6) is 0.899. The second-order valence-corrected chi connectivity index (χ2v) is 6.47. The van der Waals surface area contributed by atoms with Crippen molar-refractivity contribution in [1.82, 2.24) is 15.5 Å². The van der Waals surface area contributed by atoms with Gasteiger partial charge in [-0.3, -0.25) is 0 Å². The first kappa shape index (κ1) is 14.9. The lowest BCUT2D eigenvalue weighted by Gasteiger charge is -2.15. The largest absolute Gasteiger partial charge is 0.375 e. The van der Waals surface area contributed by atoms with E-state index in [4.69, 9.17) is 4.74 Å². The van der Waals surface area contributed by atoms with E-state index in [1.807, 2.05) is 0 Å². The van der Waals surface area contributed by atoms with Gasteiger partial charge in [0, 0.05) is 5.92 Å². The molecule has 1 aromatic heterocycles. The van der Waals surface area contributed by atoms with Gasteiger partial charge in [0.05, 0.1) is 18.2 Å². The molecule has 2 heterocycles. The number of aromatic nitrogens is 2. The molecular weight excluding hydrogens is 258 g/mol. The van der Waals surface area contributed by atoms with E-state index in [-0.39, 0.29) is 6.10 Å². The van der Waals surface area contributed by atoms with Gasteiger partial charge in [0.2, 0.25) is 0 Å². The number of ether oxygens (including phenoxy) is 1. The Morgan fingerprint density at radius 3 is 2.47 bits per heavy atom. The molecule has 19 heavy (non-hydrogen) atoms. The summed E-state index contributed by atoms with van der Waals surface area (Å²) in [6, 6.07) is 0.335. The summed E-state index contributed by atoms with van der Waals surface area (Å²) in [5.41, 5.74) is 0. The molecule has 0 bridgehead atoms. The Morgan fingerprint density at radius 1 is 1.21 bits per heavy atom. The van der Waals surface area contributed by atoms with Crippen LogP contribution < -0.4 is 5.32 Å². The van der Waals surface area contributed by atoms with Crippen molar-refractivity contribution < 1.29 is 4.74 Å². The molecule has 0 aromatic carbocycles. The van der Waals surface area contributed by atoms with Gasteiger partial charge in [-0.2, -0.15) is 0 Å². The molecule has 1 aromatic rings. The number of rotatable bonds is 5. The fourth-order valence-electron chi connectivity index (χ4n) is 2.87. The molecule has 1 fully saturated rings. The van der Waals surface area contributed by atoms with Crippen LogP contribution in [0.25, 0.3) is 0 Å². The van der Waals surface area contributed by atoms with Gasteiger partial charge in [0.15, 0.2) is 0 Å². The van der Waals surface area contributed by atoms with Gasteiger partial charge < -0.3 is 10.1 Å². The van der Waals surface area contributed by atoms with Crippen molar-refractivity contribution in [2.75, 3.05) is 6.54 Å². The number of nitrogens with one attached hydrogen (secondary N) is 1. The zero-order valence-electron chi connectivity index (χ0n) is 12.5. The van der Waals surface area contributed by atoms with E-state index in [1.54, 1.807) is 11.3 Å².